The third-order valence-electron chi connectivity index (χ3n) is 29.2. The fraction of sp³-hybridized carbons (Fsp3) is 0.837. The van der Waals surface area contributed by atoms with Crippen molar-refractivity contribution in [2.24, 2.45) is 35.5 Å². The monoisotopic (exact) mass is 1880 g/mol. The summed E-state index contributed by atoms with van der Waals surface area (Å²) in [5, 5.41) is 109. The molecule has 0 bridgehead atoms. The van der Waals surface area contributed by atoms with E-state index in [0.717, 1.165) is 22.3 Å². The number of carbonyl (C=O) groups excluding carboxylic acids is 4. The van der Waals surface area contributed by atoms with Crippen molar-refractivity contribution in [3.63, 3.8) is 0 Å². The van der Waals surface area contributed by atoms with Crippen LogP contribution in [0.1, 0.15) is 228 Å². The molecule has 9 rings (SSSR count). The van der Waals surface area contributed by atoms with Gasteiger partial charge in [-0.3, -0.25) is 9.59 Å². The number of likely N-dealkylation sites (N-methyl/N-ethyl adjacent to an activating group) is 4. The van der Waals surface area contributed by atoms with Gasteiger partial charge in [0.1, 0.15) is 66.6 Å². The van der Waals surface area contributed by atoms with E-state index in [9.17, 15) is 65.1 Å². The third kappa shape index (κ3) is 27.0. The van der Waals surface area contributed by atoms with Gasteiger partial charge in [0, 0.05) is 86.5 Å². The van der Waals surface area contributed by atoms with Crippen molar-refractivity contribution in [1.82, 2.24) is 24.9 Å². The number of rotatable bonds is 21. The standard InChI is InChI=1S/C60H95N3O15S.C38H72N2O12/c1-18-46-60(13,70)50(64)37(6)63(16)30-33(2)28-58(11,69)52(35(4)48(36(5)53(66)75-46)76-47-29-59(12,71-17)51(65)38(7)74-47)78-55-49(45(62(14)15)27-34(3)73-55)77-54(67)44(32-79-57(8,9)10)61-56(68)72-31-43-41-25-21-19-23-39(41)40-24-20-22-26-42(40)43;1-15-27-38(10,46)31(42)24(6)40(13)19-20(2)17-36(8,45)33(52-35-29(41)26(39(11)12)16-21(3)48-35)22(4)30(23(5)34(44)50-27)51-28-18-37(9,47-14)32(43)25(7)49-28/h19-26,33-38,43-52,55,64-65,69-70H,18,27-32H2,1-17H3,(H,61,68);20-33,35,41-43,45-46H,15-19H2,1-14H3/t33-,34-,35+,36-,37-,38+,44+,45+,46-,47+,48+,49-,50-,51+,52-,55+,58-,59-,60-;20-,21-,22+,23-,24-,25+,26+,27-,28+,29-,30+,31-,32+,33-,35+,36-,37-,38-/m11/s1. The van der Waals surface area contributed by atoms with Crippen LogP contribution in [0.4, 0.5) is 4.79 Å². The lowest BCUT2D eigenvalue weighted by Crippen LogP contribution is -2.61. The van der Waals surface area contributed by atoms with Gasteiger partial charge >= 0.3 is 24.0 Å². The molecular formula is C98H167N5O27S. The summed E-state index contributed by atoms with van der Waals surface area (Å²) in [7, 11) is 14.2. The van der Waals surface area contributed by atoms with Gasteiger partial charge in [0.25, 0.3) is 0 Å². The number of ether oxygens (including phenoxy) is 14. The molecule has 6 aliphatic heterocycles. The van der Waals surface area contributed by atoms with E-state index >= 15 is 0 Å². The maximum atomic E-state index is 14.9. The zero-order valence-electron chi connectivity index (χ0n) is 84.1. The minimum absolute atomic E-state index is 0.0387. The molecule has 0 unspecified atom stereocenters. The van der Waals surface area contributed by atoms with Gasteiger partial charge in [-0.25, -0.2) is 9.59 Å². The van der Waals surface area contributed by atoms with E-state index in [4.69, 9.17) is 66.3 Å². The number of aliphatic hydroxyl groups is 9. The first-order chi connectivity index (χ1) is 60.7. The number of methoxy groups -OCH3 is 2. The maximum Gasteiger partial charge on any atom is 0.407 e. The lowest BCUT2D eigenvalue weighted by molar-refractivity contribution is -0.319. The number of cyclic esters (lactones) is 2. The Morgan fingerprint density at radius 2 is 0.939 bits per heavy atom. The van der Waals surface area contributed by atoms with Crippen molar-refractivity contribution in [2.75, 3.05) is 82.0 Å². The summed E-state index contributed by atoms with van der Waals surface area (Å²) in [4.78, 5) is 65.5. The van der Waals surface area contributed by atoms with Crippen molar-refractivity contribution in [2.45, 2.75) is 408 Å². The second-order valence-corrected chi connectivity index (χ2v) is 44.0. The molecule has 6 saturated heterocycles. The van der Waals surface area contributed by atoms with Crippen LogP contribution in [0.3, 0.4) is 0 Å². The molecule has 1 aliphatic carbocycles. The summed E-state index contributed by atoms with van der Waals surface area (Å²) < 4.78 is 88.9. The fourth-order valence-electron chi connectivity index (χ4n) is 21.1. The summed E-state index contributed by atoms with van der Waals surface area (Å²) in [5.41, 5.74) is -4.82. The van der Waals surface area contributed by atoms with Gasteiger partial charge in [-0.05, 0) is 212 Å². The summed E-state index contributed by atoms with van der Waals surface area (Å²) in [5.74, 6) is -6.42. The number of aliphatic hydroxyl groups excluding tert-OH is 5. The third-order valence-corrected chi connectivity index (χ3v) is 30.6. The number of hydrogen-bond acceptors (Lipinski definition) is 32. The summed E-state index contributed by atoms with van der Waals surface area (Å²) in [6.07, 6.45) is -18.7. The molecule has 2 aromatic carbocycles. The van der Waals surface area contributed by atoms with Gasteiger partial charge in [0.05, 0.1) is 89.1 Å². The van der Waals surface area contributed by atoms with Gasteiger partial charge in [0.15, 0.2) is 31.3 Å². The number of nitrogens with one attached hydrogen (secondary N) is 1. The number of amides is 1. The summed E-state index contributed by atoms with van der Waals surface area (Å²) in [6.45, 7) is 41.9. The Morgan fingerprint density at radius 1 is 0.550 bits per heavy atom. The predicted octanol–water partition coefficient (Wildman–Crippen LogP) is 8.79. The van der Waals surface area contributed by atoms with Gasteiger partial charge < -0.3 is 137 Å². The zero-order chi connectivity index (χ0) is 98.4. The highest BCUT2D eigenvalue weighted by Gasteiger charge is 2.58. The van der Waals surface area contributed by atoms with E-state index in [1.807, 2.05) is 154 Å². The molecule has 0 spiro atoms. The Hall–Kier alpha value is -4.45. The highest BCUT2D eigenvalue weighted by atomic mass is 32.2. The van der Waals surface area contributed by atoms with Crippen molar-refractivity contribution >= 4 is 35.8 Å². The fourth-order valence-corrected chi connectivity index (χ4v) is 22.0. The van der Waals surface area contributed by atoms with Crippen molar-refractivity contribution in [3.05, 3.63) is 59.7 Å². The molecule has 752 valence electrons. The van der Waals surface area contributed by atoms with Gasteiger partial charge in [-0.2, -0.15) is 11.8 Å². The van der Waals surface area contributed by atoms with Gasteiger partial charge in [-0.1, -0.05) is 111 Å². The second kappa shape index (κ2) is 46.1. The molecule has 33 heteroatoms. The maximum absolute atomic E-state index is 14.9. The highest BCUT2D eigenvalue weighted by Crippen LogP contribution is 2.48. The van der Waals surface area contributed by atoms with Crippen molar-refractivity contribution < 1.29 is 131 Å². The molecule has 131 heavy (non-hydrogen) atoms. The Morgan fingerprint density at radius 3 is 1.33 bits per heavy atom. The van der Waals surface area contributed by atoms with Crippen LogP contribution >= 0.6 is 11.8 Å². The van der Waals surface area contributed by atoms with Crippen LogP contribution in [-0.4, -0.2) is 363 Å². The van der Waals surface area contributed by atoms with Crippen LogP contribution in [0.25, 0.3) is 11.1 Å². The molecule has 37 atom stereocenters. The van der Waals surface area contributed by atoms with Crippen LogP contribution in [0, 0.1) is 35.5 Å². The first-order valence-electron chi connectivity index (χ1n) is 47.5. The topological polar surface area (TPSA) is 405 Å². The molecular weight excluding hydrogens is 1710 g/mol. The smallest absolute Gasteiger partial charge is 0.407 e. The van der Waals surface area contributed by atoms with E-state index in [2.05, 4.69) is 17.4 Å². The average Bonchev–Trinajstić information content (AvgIpc) is 1.60. The largest absolute Gasteiger partial charge is 0.459 e. The number of thioether (sulfide) groups is 1. The Bertz CT molecular complexity index is 3910. The van der Waals surface area contributed by atoms with Crippen LogP contribution in [0.15, 0.2) is 48.5 Å². The summed E-state index contributed by atoms with van der Waals surface area (Å²) >= 11 is 1.48. The van der Waals surface area contributed by atoms with Gasteiger partial charge in [0.2, 0.25) is 0 Å². The molecule has 10 N–H and O–H groups in total. The lowest BCUT2D eigenvalue weighted by Gasteiger charge is -2.49. The first-order valence-corrected chi connectivity index (χ1v) is 48.5. The summed E-state index contributed by atoms with van der Waals surface area (Å²) in [6, 6.07) is 13.0. The quantitative estimate of drug-likeness (QED) is 0.0412. The van der Waals surface area contributed by atoms with E-state index < -0.39 is 222 Å². The number of alkyl carbamates (subject to hydrolysis) is 1. The number of hydrogen-bond donors (Lipinski definition) is 10. The van der Waals surface area contributed by atoms with E-state index in [0.29, 0.717) is 25.9 Å². The SMILES string of the molecule is CC[C@H]1OC(=O)[C@H](C)[C@@H](O[C@H]2C[C@@](C)(OC)[C@@H](O)[C@H](C)O2)[C@H](C)[C@@H](O[C@@H]2O[C@H](C)C[C@H](N(C)C)[C@H]2O)[C@](C)(O)C[C@@H](C)CN(C)[C@H](C)[C@@H](O)[C@]1(C)O.CC[C@H]1OC(=O)[C@H](C)[C@@H](O[C@H]2C[C@@](C)(OC)[C@@H](O)[C@H](C)O2)[C@H](C)[C@@H](O[C@@H]2O[C@H](C)C[C@H](N(C)C)[C@H]2OC(=O)[C@H](CSC(C)(C)C)NC(=O)OCC2c3ccccc3-c3ccccc32)[C@](C)(O)C[C@@H](C)CN(C)[C@H](C)[C@@H](O)[C@]1(C)O. The number of carbonyl (C=O) groups is 4. The van der Waals surface area contributed by atoms with Crippen LogP contribution in [0.5, 0.6) is 0 Å². The number of esters is 3. The highest BCUT2D eigenvalue weighted by molar-refractivity contribution is 8.00. The minimum Gasteiger partial charge on any atom is -0.459 e. The van der Waals surface area contributed by atoms with Crippen LogP contribution in [-0.2, 0) is 80.7 Å². The van der Waals surface area contributed by atoms with Crippen molar-refractivity contribution in [3.8, 4) is 11.1 Å². The number of benzene rings is 2. The molecule has 32 nitrogen and oxygen atoms in total. The van der Waals surface area contributed by atoms with E-state index in [1.165, 1.54) is 39.8 Å². The molecule has 6 fully saturated rings. The lowest BCUT2D eigenvalue weighted by atomic mass is 9.77. The molecule has 7 aliphatic rings. The van der Waals surface area contributed by atoms with E-state index in [1.54, 1.807) is 90.0 Å². The predicted molar refractivity (Wildman–Crippen MR) is 496 cm³/mol. The normalized spacial score (nSPS) is 42.4. The Kier molecular flexibility index (Phi) is 39.4. The zero-order valence-corrected chi connectivity index (χ0v) is 85.0. The van der Waals surface area contributed by atoms with Crippen LogP contribution < -0.4 is 5.32 Å². The molecule has 0 saturated carbocycles. The second-order valence-electron chi connectivity index (χ2n) is 42.2. The molecule has 1 amide bonds. The molecule has 2 aromatic rings. The van der Waals surface area contributed by atoms with E-state index in [-0.39, 0.29) is 85.5 Å². The molecule has 0 radical (unpaired) electrons. The molecule has 6 heterocycles. The van der Waals surface area contributed by atoms with Gasteiger partial charge in [-0.15, -0.1) is 0 Å². The van der Waals surface area contributed by atoms with Crippen molar-refractivity contribution in [1.29, 1.82) is 0 Å². The number of fused-ring (bicyclic) bond motifs is 3. The Balaban J connectivity index is 0.000000353. The van der Waals surface area contributed by atoms with Crippen LogP contribution in [0.2, 0.25) is 0 Å². The molecule has 0 aromatic heterocycles. The average molecular weight is 1880 g/mol. The Labute approximate surface area is 784 Å². The minimum atomic E-state index is -1.88. The number of nitrogens with zero attached hydrogens (tertiary/aromatic N) is 4. The first kappa shape index (κ1) is 112.